The number of aliphatic imine (C=N–C) groups is 1. The lowest BCUT2D eigenvalue weighted by atomic mass is 10.1. The van der Waals surface area contributed by atoms with E-state index in [-0.39, 0.29) is 0 Å². The molecule has 2 N–H and O–H groups in total. The molecule has 0 atom stereocenters. The number of oxazole rings is 1. The summed E-state index contributed by atoms with van der Waals surface area (Å²) in [6, 6.07) is 8.20. The lowest BCUT2D eigenvalue weighted by Gasteiger charge is -2.09. The molecule has 0 aliphatic heterocycles. The van der Waals surface area contributed by atoms with Crippen molar-refractivity contribution in [1.29, 1.82) is 0 Å². The number of hydrogen-bond acceptors (Lipinski definition) is 5. The average Bonchev–Trinajstić information content (AvgIpc) is 3.29. The van der Waals surface area contributed by atoms with Crippen molar-refractivity contribution >= 4 is 17.3 Å². The average molecular weight is 384 g/mol. The highest BCUT2D eigenvalue weighted by Crippen LogP contribution is 2.21. The predicted octanol–water partition coefficient (Wildman–Crippen LogP) is 3.71. The largest absolute Gasteiger partial charge is 0.439 e. The number of rotatable bonds is 7. The maximum Gasteiger partial charge on any atom is 0.216 e. The van der Waals surface area contributed by atoms with Gasteiger partial charge in [0.2, 0.25) is 5.89 Å². The van der Waals surface area contributed by atoms with Crippen LogP contribution in [0, 0.1) is 13.8 Å². The summed E-state index contributed by atoms with van der Waals surface area (Å²) < 4.78 is 5.83. The van der Waals surface area contributed by atoms with Crippen LogP contribution in [0.4, 0.5) is 0 Å². The van der Waals surface area contributed by atoms with Gasteiger partial charge in [0.25, 0.3) is 0 Å². The fourth-order valence-electron chi connectivity index (χ4n) is 2.53. The third-order valence-electron chi connectivity index (χ3n) is 3.91. The Morgan fingerprint density at radius 1 is 1.11 bits per heavy atom. The van der Waals surface area contributed by atoms with E-state index in [0.717, 1.165) is 41.8 Å². The van der Waals surface area contributed by atoms with E-state index in [1.807, 2.05) is 25.3 Å². The zero-order valence-electron chi connectivity index (χ0n) is 16.0. The summed E-state index contributed by atoms with van der Waals surface area (Å²) in [6.45, 7) is 8.14. The molecule has 6 nitrogen and oxygen atoms in total. The molecule has 27 heavy (non-hydrogen) atoms. The minimum atomic E-state index is 0.386. The highest BCUT2D eigenvalue weighted by molar-refractivity contribution is 7.11. The number of nitrogens with one attached hydrogen (secondary N) is 2. The third kappa shape index (κ3) is 5.65. The van der Waals surface area contributed by atoms with Crippen LogP contribution in [0.25, 0.3) is 11.3 Å². The molecular formula is C20H25N5OS. The molecule has 0 fully saturated rings. The molecule has 0 aliphatic carbocycles. The monoisotopic (exact) mass is 383 g/mol. The van der Waals surface area contributed by atoms with Crippen molar-refractivity contribution in [2.45, 2.75) is 33.7 Å². The Morgan fingerprint density at radius 2 is 1.93 bits per heavy atom. The minimum Gasteiger partial charge on any atom is -0.439 e. The lowest BCUT2D eigenvalue weighted by Crippen LogP contribution is -2.38. The van der Waals surface area contributed by atoms with E-state index >= 15 is 0 Å². The molecule has 0 amide bonds. The highest BCUT2D eigenvalue weighted by Gasteiger charge is 2.07. The molecule has 142 valence electrons. The zero-order valence-corrected chi connectivity index (χ0v) is 16.8. The van der Waals surface area contributed by atoms with E-state index in [4.69, 9.17) is 4.42 Å². The van der Waals surface area contributed by atoms with Gasteiger partial charge >= 0.3 is 0 Å². The summed E-state index contributed by atoms with van der Waals surface area (Å²) in [5.74, 6) is 2.11. The smallest absolute Gasteiger partial charge is 0.216 e. The molecule has 3 rings (SSSR count). The molecule has 7 heteroatoms. The molecule has 2 aromatic heterocycles. The van der Waals surface area contributed by atoms with Crippen molar-refractivity contribution in [3.63, 3.8) is 0 Å². The molecule has 0 saturated carbocycles. The second-order valence-corrected chi connectivity index (χ2v) is 7.54. The first-order valence-electron chi connectivity index (χ1n) is 9.09. The number of aromatic nitrogens is 2. The number of thiazole rings is 1. The summed E-state index contributed by atoms with van der Waals surface area (Å²) in [4.78, 5) is 14.5. The standard InChI is InChI=1S/C20H25N5OS/c1-4-21-20(22-10-9-19-24-11-15(3)27-19)25-13-18-23-12-17(26-18)16-7-5-14(2)6-8-16/h5-8,11-12H,4,9-10,13H2,1-3H3,(H2,21,22,25). The van der Waals surface area contributed by atoms with E-state index in [1.54, 1.807) is 17.5 Å². The second kappa shape index (κ2) is 9.32. The van der Waals surface area contributed by atoms with E-state index in [2.05, 4.69) is 51.6 Å². The van der Waals surface area contributed by atoms with E-state index < -0.39 is 0 Å². The van der Waals surface area contributed by atoms with Gasteiger partial charge in [-0.15, -0.1) is 11.3 Å². The Balaban J connectivity index is 1.57. The van der Waals surface area contributed by atoms with Gasteiger partial charge in [-0.2, -0.15) is 0 Å². The van der Waals surface area contributed by atoms with Crippen LogP contribution in [0.3, 0.4) is 0 Å². The fraction of sp³-hybridized carbons (Fsp3) is 0.350. The van der Waals surface area contributed by atoms with Gasteiger partial charge in [0.1, 0.15) is 6.54 Å². The van der Waals surface area contributed by atoms with Gasteiger partial charge in [0.15, 0.2) is 11.7 Å². The zero-order chi connectivity index (χ0) is 19.1. The minimum absolute atomic E-state index is 0.386. The first kappa shape index (κ1) is 19.1. The number of nitrogens with zero attached hydrogens (tertiary/aromatic N) is 3. The van der Waals surface area contributed by atoms with Crippen LogP contribution < -0.4 is 10.6 Å². The Labute approximate surface area is 163 Å². The van der Waals surface area contributed by atoms with Crippen molar-refractivity contribution in [3.05, 3.63) is 58.0 Å². The predicted molar refractivity (Wildman–Crippen MR) is 110 cm³/mol. The van der Waals surface area contributed by atoms with E-state index in [0.29, 0.717) is 12.4 Å². The summed E-state index contributed by atoms with van der Waals surface area (Å²) in [7, 11) is 0. The topological polar surface area (TPSA) is 75.3 Å². The summed E-state index contributed by atoms with van der Waals surface area (Å²) in [5, 5.41) is 7.70. The van der Waals surface area contributed by atoms with Crippen LogP contribution in [0.1, 0.15) is 28.3 Å². The van der Waals surface area contributed by atoms with Crippen LogP contribution in [0.15, 0.2) is 46.1 Å². The van der Waals surface area contributed by atoms with Crippen molar-refractivity contribution in [2.75, 3.05) is 13.1 Å². The van der Waals surface area contributed by atoms with Gasteiger partial charge in [-0.25, -0.2) is 15.0 Å². The summed E-state index contributed by atoms with van der Waals surface area (Å²) >= 11 is 1.73. The van der Waals surface area contributed by atoms with Crippen molar-refractivity contribution in [1.82, 2.24) is 20.6 Å². The second-order valence-electron chi connectivity index (χ2n) is 6.22. The molecule has 2 heterocycles. The van der Waals surface area contributed by atoms with Crippen LogP contribution in [0.2, 0.25) is 0 Å². The molecule has 0 aliphatic rings. The molecule has 3 aromatic rings. The normalized spacial score (nSPS) is 11.6. The SMILES string of the molecule is CCNC(=NCc1ncc(-c2ccc(C)cc2)o1)NCCc1ncc(C)s1. The van der Waals surface area contributed by atoms with Crippen LogP contribution in [-0.4, -0.2) is 29.0 Å². The third-order valence-corrected chi connectivity index (χ3v) is 4.88. The summed E-state index contributed by atoms with van der Waals surface area (Å²) in [6.07, 6.45) is 4.54. The first-order valence-corrected chi connectivity index (χ1v) is 9.91. The van der Waals surface area contributed by atoms with Gasteiger partial charge in [-0.3, -0.25) is 0 Å². The van der Waals surface area contributed by atoms with Gasteiger partial charge in [0, 0.05) is 36.1 Å². The van der Waals surface area contributed by atoms with Crippen LogP contribution in [-0.2, 0) is 13.0 Å². The Bertz CT molecular complexity index is 882. The number of hydrogen-bond donors (Lipinski definition) is 2. The van der Waals surface area contributed by atoms with Gasteiger partial charge in [-0.05, 0) is 20.8 Å². The molecule has 0 unspecified atom stereocenters. The summed E-state index contributed by atoms with van der Waals surface area (Å²) in [5.41, 5.74) is 2.24. The Morgan fingerprint density at radius 3 is 2.63 bits per heavy atom. The number of aryl methyl sites for hydroxylation is 2. The van der Waals surface area contributed by atoms with Gasteiger partial charge in [-0.1, -0.05) is 29.8 Å². The fourth-order valence-corrected chi connectivity index (χ4v) is 3.31. The Hall–Kier alpha value is -2.67. The van der Waals surface area contributed by atoms with Crippen molar-refractivity contribution < 1.29 is 4.42 Å². The first-order chi connectivity index (χ1) is 13.1. The molecular weight excluding hydrogens is 358 g/mol. The molecule has 0 bridgehead atoms. The van der Waals surface area contributed by atoms with E-state index in [9.17, 15) is 0 Å². The maximum atomic E-state index is 5.83. The Kier molecular flexibility index (Phi) is 6.59. The van der Waals surface area contributed by atoms with E-state index in [1.165, 1.54) is 10.4 Å². The lowest BCUT2D eigenvalue weighted by molar-refractivity contribution is 0.509. The number of guanidine groups is 1. The highest BCUT2D eigenvalue weighted by atomic mass is 32.1. The molecule has 0 saturated heterocycles. The van der Waals surface area contributed by atoms with Crippen molar-refractivity contribution in [2.24, 2.45) is 4.99 Å². The molecule has 0 spiro atoms. The maximum absolute atomic E-state index is 5.83. The van der Waals surface area contributed by atoms with Gasteiger partial charge in [0.05, 0.1) is 11.2 Å². The molecule has 0 radical (unpaired) electrons. The van der Waals surface area contributed by atoms with Crippen LogP contribution in [0.5, 0.6) is 0 Å². The number of benzene rings is 1. The molecule has 1 aromatic carbocycles. The van der Waals surface area contributed by atoms with Crippen LogP contribution >= 0.6 is 11.3 Å². The van der Waals surface area contributed by atoms with Gasteiger partial charge < -0.3 is 15.1 Å². The quantitative estimate of drug-likeness (QED) is 0.480. The van der Waals surface area contributed by atoms with Crippen molar-refractivity contribution in [3.8, 4) is 11.3 Å².